The summed E-state index contributed by atoms with van der Waals surface area (Å²) in [4.78, 5) is 14.2. The van der Waals surface area contributed by atoms with E-state index < -0.39 is 6.10 Å². The lowest BCUT2D eigenvalue weighted by Gasteiger charge is -2.29. The van der Waals surface area contributed by atoms with E-state index >= 15 is 0 Å². The SMILES string of the molecule is O=C(C=Cc1cn(-c2ccccc2)nc1-c1ccc(F)cc1)N1CCCC(O)C1. The number of benzene rings is 2. The number of β-amino-alcohol motifs (C(OH)–C–C–N with tert-alkyl or cyclic N) is 1. The summed E-state index contributed by atoms with van der Waals surface area (Å²) in [5, 5.41) is 14.5. The molecule has 1 saturated heterocycles. The van der Waals surface area contributed by atoms with Gasteiger partial charge in [-0.05, 0) is 55.3 Å². The summed E-state index contributed by atoms with van der Waals surface area (Å²) in [6.45, 7) is 1.01. The topological polar surface area (TPSA) is 58.4 Å². The van der Waals surface area contributed by atoms with E-state index in [9.17, 15) is 14.3 Å². The van der Waals surface area contributed by atoms with Gasteiger partial charge in [-0.2, -0.15) is 5.10 Å². The number of carbonyl (C=O) groups excluding carboxylic acids is 1. The van der Waals surface area contributed by atoms with Gasteiger partial charge in [0.2, 0.25) is 5.91 Å². The first-order valence-electron chi connectivity index (χ1n) is 9.66. The lowest BCUT2D eigenvalue weighted by atomic mass is 10.1. The van der Waals surface area contributed by atoms with Crippen LogP contribution in [0.25, 0.3) is 23.0 Å². The predicted octanol–water partition coefficient (Wildman–Crippen LogP) is 3.67. The molecule has 0 bridgehead atoms. The highest BCUT2D eigenvalue weighted by Crippen LogP contribution is 2.25. The summed E-state index contributed by atoms with van der Waals surface area (Å²) in [6.07, 6.45) is 6.16. The van der Waals surface area contributed by atoms with Crippen molar-refractivity contribution in [3.8, 4) is 16.9 Å². The van der Waals surface area contributed by atoms with Crippen molar-refractivity contribution in [2.24, 2.45) is 0 Å². The zero-order valence-electron chi connectivity index (χ0n) is 15.9. The fourth-order valence-corrected chi connectivity index (χ4v) is 3.48. The number of likely N-dealkylation sites (tertiary alicyclic amines) is 1. The van der Waals surface area contributed by atoms with Crippen LogP contribution >= 0.6 is 0 Å². The third kappa shape index (κ3) is 4.43. The Hall–Kier alpha value is -3.25. The van der Waals surface area contributed by atoms with Crippen molar-refractivity contribution in [1.29, 1.82) is 0 Å². The molecule has 2 heterocycles. The van der Waals surface area contributed by atoms with Crippen LogP contribution in [0, 0.1) is 5.82 Å². The molecule has 29 heavy (non-hydrogen) atoms. The quantitative estimate of drug-likeness (QED) is 0.691. The van der Waals surface area contributed by atoms with Crippen LogP contribution in [0.5, 0.6) is 0 Å². The van der Waals surface area contributed by atoms with Crippen molar-refractivity contribution in [1.82, 2.24) is 14.7 Å². The van der Waals surface area contributed by atoms with Gasteiger partial charge >= 0.3 is 0 Å². The molecule has 0 saturated carbocycles. The number of aliphatic hydroxyl groups excluding tert-OH is 1. The Bertz CT molecular complexity index is 1010. The van der Waals surface area contributed by atoms with Crippen LogP contribution in [-0.2, 0) is 4.79 Å². The molecule has 1 fully saturated rings. The average Bonchev–Trinajstić information content (AvgIpc) is 3.17. The summed E-state index contributed by atoms with van der Waals surface area (Å²) in [5.74, 6) is -0.451. The molecule has 148 valence electrons. The number of hydrogen-bond donors (Lipinski definition) is 1. The largest absolute Gasteiger partial charge is 0.391 e. The molecule has 1 aliphatic heterocycles. The molecule has 0 aliphatic carbocycles. The summed E-state index contributed by atoms with van der Waals surface area (Å²) in [5.41, 5.74) is 3.07. The molecule has 1 atom stereocenters. The van der Waals surface area contributed by atoms with Crippen molar-refractivity contribution in [2.45, 2.75) is 18.9 Å². The number of aliphatic hydroxyl groups is 1. The maximum atomic E-state index is 13.4. The van der Waals surface area contributed by atoms with Gasteiger partial charge in [-0.3, -0.25) is 4.79 Å². The van der Waals surface area contributed by atoms with Gasteiger partial charge in [0.15, 0.2) is 0 Å². The van der Waals surface area contributed by atoms with Gasteiger partial charge in [0.25, 0.3) is 0 Å². The number of hydrogen-bond acceptors (Lipinski definition) is 3. The summed E-state index contributed by atoms with van der Waals surface area (Å²) in [6, 6.07) is 15.8. The molecule has 5 nitrogen and oxygen atoms in total. The highest BCUT2D eigenvalue weighted by Gasteiger charge is 2.20. The third-order valence-corrected chi connectivity index (χ3v) is 4.99. The van der Waals surface area contributed by atoms with Crippen molar-refractivity contribution in [3.63, 3.8) is 0 Å². The third-order valence-electron chi connectivity index (χ3n) is 4.99. The fourth-order valence-electron chi connectivity index (χ4n) is 3.48. The van der Waals surface area contributed by atoms with Crippen LogP contribution in [-0.4, -0.2) is 44.9 Å². The Balaban J connectivity index is 1.66. The van der Waals surface area contributed by atoms with Crippen molar-refractivity contribution in [3.05, 3.63) is 78.3 Å². The van der Waals surface area contributed by atoms with E-state index in [0.29, 0.717) is 18.8 Å². The molecule has 1 aliphatic rings. The van der Waals surface area contributed by atoms with E-state index in [1.165, 1.54) is 18.2 Å². The van der Waals surface area contributed by atoms with Gasteiger partial charge < -0.3 is 10.0 Å². The van der Waals surface area contributed by atoms with Gasteiger partial charge in [0, 0.05) is 36.5 Å². The van der Waals surface area contributed by atoms with Gasteiger partial charge in [0.05, 0.1) is 17.5 Å². The fraction of sp³-hybridized carbons (Fsp3) is 0.217. The molecule has 6 heteroatoms. The monoisotopic (exact) mass is 391 g/mol. The Labute approximate surface area is 168 Å². The van der Waals surface area contributed by atoms with Crippen molar-refractivity contribution >= 4 is 12.0 Å². The number of halogens is 1. The van der Waals surface area contributed by atoms with E-state index in [0.717, 1.165) is 29.7 Å². The van der Waals surface area contributed by atoms with Crippen LogP contribution in [0.3, 0.4) is 0 Å². The molecule has 3 aromatic rings. The normalized spacial score (nSPS) is 17.0. The zero-order chi connectivity index (χ0) is 20.2. The van der Waals surface area contributed by atoms with Crippen LogP contribution in [0.4, 0.5) is 4.39 Å². The maximum absolute atomic E-state index is 13.4. The molecule has 0 radical (unpaired) electrons. The summed E-state index contributed by atoms with van der Waals surface area (Å²) >= 11 is 0. The van der Waals surface area contributed by atoms with E-state index in [1.54, 1.807) is 27.8 Å². The number of para-hydroxylation sites is 1. The molecule has 1 unspecified atom stereocenters. The second kappa shape index (κ2) is 8.41. The van der Waals surface area contributed by atoms with E-state index in [-0.39, 0.29) is 11.7 Å². The second-order valence-electron chi connectivity index (χ2n) is 7.13. The summed E-state index contributed by atoms with van der Waals surface area (Å²) in [7, 11) is 0. The number of rotatable bonds is 4. The Morgan fingerprint density at radius 3 is 2.62 bits per heavy atom. The molecule has 4 rings (SSSR count). The Kier molecular flexibility index (Phi) is 5.53. The molecule has 2 aromatic carbocycles. The second-order valence-corrected chi connectivity index (χ2v) is 7.13. The Morgan fingerprint density at radius 1 is 1.14 bits per heavy atom. The first kappa shape index (κ1) is 19.1. The van der Waals surface area contributed by atoms with Gasteiger partial charge in [0.1, 0.15) is 5.82 Å². The van der Waals surface area contributed by atoms with E-state index in [4.69, 9.17) is 0 Å². The first-order valence-corrected chi connectivity index (χ1v) is 9.66. The van der Waals surface area contributed by atoms with Crippen molar-refractivity contribution < 1.29 is 14.3 Å². The standard InChI is InChI=1S/C23H22FN3O2/c24-19-11-8-17(9-12-19)23-18(15-27(25-23)20-5-2-1-3-6-20)10-13-22(29)26-14-4-7-21(28)16-26/h1-3,5-6,8-13,15,21,28H,4,7,14,16H2. The predicted molar refractivity (Wildman–Crippen MR) is 110 cm³/mol. The lowest BCUT2D eigenvalue weighted by Crippen LogP contribution is -2.41. The molecule has 1 amide bonds. The molecular formula is C23H22FN3O2. The molecule has 1 N–H and O–H groups in total. The van der Waals surface area contributed by atoms with Gasteiger partial charge in [-0.15, -0.1) is 0 Å². The van der Waals surface area contributed by atoms with Crippen LogP contribution in [0.15, 0.2) is 66.9 Å². The highest BCUT2D eigenvalue weighted by molar-refractivity contribution is 5.93. The van der Waals surface area contributed by atoms with Crippen molar-refractivity contribution in [2.75, 3.05) is 13.1 Å². The number of aromatic nitrogens is 2. The lowest BCUT2D eigenvalue weighted by molar-refractivity contribution is -0.128. The first-order chi connectivity index (χ1) is 14.1. The van der Waals surface area contributed by atoms with Gasteiger partial charge in [-0.25, -0.2) is 9.07 Å². The number of nitrogens with zero attached hydrogens (tertiary/aromatic N) is 3. The van der Waals surface area contributed by atoms with Crippen LogP contribution < -0.4 is 0 Å². The minimum Gasteiger partial charge on any atom is -0.391 e. The number of amides is 1. The maximum Gasteiger partial charge on any atom is 0.246 e. The molecular weight excluding hydrogens is 369 g/mol. The van der Waals surface area contributed by atoms with E-state index in [1.807, 2.05) is 36.5 Å². The number of carbonyl (C=O) groups is 1. The van der Waals surface area contributed by atoms with Gasteiger partial charge in [-0.1, -0.05) is 18.2 Å². The number of piperidine rings is 1. The smallest absolute Gasteiger partial charge is 0.246 e. The van der Waals surface area contributed by atoms with Crippen LogP contribution in [0.1, 0.15) is 18.4 Å². The van der Waals surface area contributed by atoms with Crippen LogP contribution in [0.2, 0.25) is 0 Å². The highest BCUT2D eigenvalue weighted by atomic mass is 19.1. The minimum absolute atomic E-state index is 0.138. The van der Waals surface area contributed by atoms with E-state index in [2.05, 4.69) is 5.10 Å². The molecule has 1 aromatic heterocycles. The minimum atomic E-state index is -0.461. The Morgan fingerprint density at radius 2 is 1.90 bits per heavy atom. The zero-order valence-corrected chi connectivity index (χ0v) is 15.9. The molecule has 0 spiro atoms. The summed E-state index contributed by atoms with van der Waals surface area (Å²) < 4.78 is 15.1. The average molecular weight is 391 g/mol.